The first kappa shape index (κ1) is 14.5. The van der Waals surface area contributed by atoms with E-state index in [2.05, 4.69) is 21.0 Å². The molecule has 112 valence electrons. The summed E-state index contributed by atoms with van der Waals surface area (Å²) in [6.45, 7) is 2.86. The molecule has 1 aromatic carbocycles. The average molecular weight is 353 g/mol. The minimum atomic E-state index is -0.389. The molecule has 0 radical (unpaired) electrons. The largest absolute Gasteiger partial charge is 0.461 e. The van der Waals surface area contributed by atoms with Crippen LogP contribution in [0.1, 0.15) is 42.9 Å². The lowest BCUT2D eigenvalue weighted by Gasteiger charge is -2.23. The summed E-state index contributed by atoms with van der Waals surface area (Å²) in [4.78, 5) is 12.1. The van der Waals surface area contributed by atoms with E-state index in [1.54, 1.807) is 6.92 Å². The Morgan fingerprint density at radius 3 is 3.10 bits per heavy atom. The molecule has 2 heterocycles. The maximum absolute atomic E-state index is 12.1. The number of nitrogens with zero attached hydrogens (tertiary/aromatic N) is 2. The summed E-state index contributed by atoms with van der Waals surface area (Å²) in [5.74, 6) is -0.389. The molecule has 1 unspecified atom stereocenters. The summed E-state index contributed by atoms with van der Waals surface area (Å²) in [5, 5.41) is 5.27. The maximum Gasteiger partial charge on any atom is 0.359 e. The molecule has 1 fully saturated rings. The van der Waals surface area contributed by atoms with Gasteiger partial charge in [0.1, 0.15) is 0 Å². The Morgan fingerprint density at radius 1 is 1.52 bits per heavy atom. The second-order valence-corrected chi connectivity index (χ2v) is 5.91. The highest BCUT2D eigenvalue weighted by Gasteiger charge is 2.24. The number of hydrogen-bond acceptors (Lipinski definition) is 4. The fourth-order valence-electron chi connectivity index (χ4n) is 2.60. The molecular weight excluding hydrogens is 336 g/mol. The molecular formula is C15H17BrN2O3. The molecule has 1 aromatic heterocycles. The minimum absolute atomic E-state index is 0.112. The van der Waals surface area contributed by atoms with Gasteiger partial charge in [0.15, 0.2) is 11.9 Å². The van der Waals surface area contributed by atoms with Gasteiger partial charge in [0, 0.05) is 16.5 Å². The molecule has 21 heavy (non-hydrogen) atoms. The zero-order valence-electron chi connectivity index (χ0n) is 11.8. The lowest BCUT2D eigenvalue weighted by molar-refractivity contribution is -0.0369. The Labute approximate surface area is 131 Å². The Kier molecular flexibility index (Phi) is 4.26. The molecule has 6 heteroatoms. The molecule has 1 atom stereocenters. The third kappa shape index (κ3) is 2.82. The summed E-state index contributed by atoms with van der Waals surface area (Å²) < 4.78 is 13.7. The first-order valence-electron chi connectivity index (χ1n) is 7.17. The van der Waals surface area contributed by atoms with E-state index in [1.807, 2.05) is 22.9 Å². The second-order valence-electron chi connectivity index (χ2n) is 5.00. The van der Waals surface area contributed by atoms with E-state index in [4.69, 9.17) is 9.47 Å². The van der Waals surface area contributed by atoms with Crippen molar-refractivity contribution >= 4 is 32.8 Å². The van der Waals surface area contributed by atoms with Gasteiger partial charge in [-0.15, -0.1) is 0 Å². The number of halogens is 1. The molecule has 0 spiro atoms. The molecule has 5 nitrogen and oxygen atoms in total. The molecule has 1 aliphatic heterocycles. The first-order valence-corrected chi connectivity index (χ1v) is 7.96. The standard InChI is InChI=1S/C15H17BrN2O3/c1-2-20-15(19)14-11-7-6-10(16)9-12(11)18(17-14)13-5-3-4-8-21-13/h6-7,9,13H,2-5,8H2,1H3. The Balaban J connectivity index is 2.10. The molecule has 0 amide bonds. The van der Waals surface area contributed by atoms with Crippen LogP contribution in [0.3, 0.4) is 0 Å². The van der Waals surface area contributed by atoms with E-state index in [1.165, 1.54) is 0 Å². The van der Waals surface area contributed by atoms with Gasteiger partial charge in [0.05, 0.1) is 12.1 Å². The van der Waals surface area contributed by atoms with Crippen LogP contribution in [0.4, 0.5) is 0 Å². The zero-order chi connectivity index (χ0) is 14.8. The van der Waals surface area contributed by atoms with Crippen molar-refractivity contribution in [3.05, 3.63) is 28.4 Å². The van der Waals surface area contributed by atoms with Crippen molar-refractivity contribution in [1.29, 1.82) is 0 Å². The van der Waals surface area contributed by atoms with Gasteiger partial charge < -0.3 is 9.47 Å². The summed E-state index contributed by atoms with van der Waals surface area (Å²) in [6.07, 6.45) is 2.98. The Morgan fingerprint density at radius 2 is 2.38 bits per heavy atom. The monoisotopic (exact) mass is 352 g/mol. The van der Waals surface area contributed by atoms with Gasteiger partial charge in [-0.3, -0.25) is 0 Å². The van der Waals surface area contributed by atoms with Crippen LogP contribution in [0.15, 0.2) is 22.7 Å². The van der Waals surface area contributed by atoms with E-state index in [0.717, 1.165) is 41.2 Å². The van der Waals surface area contributed by atoms with E-state index in [0.29, 0.717) is 12.3 Å². The fraction of sp³-hybridized carbons (Fsp3) is 0.467. The summed E-state index contributed by atoms with van der Waals surface area (Å²) in [6, 6.07) is 5.75. The van der Waals surface area contributed by atoms with Crippen LogP contribution in [0.25, 0.3) is 10.9 Å². The van der Waals surface area contributed by atoms with Gasteiger partial charge in [-0.1, -0.05) is 15.9 Å². The number of carbonyl (C=O) groups excluding carboxylic acids is 1. The lowest BCUT2D eigenvalue weighted by Crippen LogP contribution is -2.19. The van der Waals surface area contributed by atoms with Gasteiger partial charge in [-0.05, 0) is 44.4 Å². The number of hydrogen-bond donors (Lipinski definition) is 0. The van der Waals surface area contributed by atoms with Crippen molar-refractivity contribution in [1.82, 2.24) is 9.78 Å². The normalized spacial score (nSPS) is 18.9. The van der Waals surface area contributed by atoms with Crippen LogP contribution in [0, 0.1) is 0 Å². The highest BCUT2D eigenvalue weighted by atomic mass is 79.9. The topological polar surface area (TPSA) is 53.3 Å². The molecule has 1 aliphatic rings. The fourth-order valence-corrected chi connectivity index (χ4v) is 2.95. The molecule has 0 bridgehead atoms. The quantitative estimate of drug-likeness (QED) is 0.790. The van der Waals surface area contributed by atoms with Crippen LogP contribution < -0.4 is 0 Å². The Bertz CT molecular complexity index is 662. The first-order chi connectivity index (χ1) is 10.2. The predicted octanol–water partition coefficient (Wildman–Crippen LogP) is 3.67. The van der Waals surface area contributed by atoms with Gasteiger partial charge in [-0.25, -0.2) is 9.48 Å². The van der Waals surface area contributed by atoms with Crippen LogP contribution in [0.5, 0.6) is 0 Å². The molecule has 0 N–H and O–H groups in total. The SMILES string of the molecule is CCOC(=O)c1nn(C2CCCCO2)c2cc(Br)ccc12. The van der Waals surface area contributed by atoms with Crippen molar-refractivity contribution in [3.8, 4) is 0 Å². The molecule has 2 aromatic rings. The predicted molar refractivity (Wildman–Crippen MR) is 82.2 cm³/mol. The highest BCUT2D eigenvalue weighted by Crippen LogP contribution is 2.30. The number of esters is 1. The Hall–Kier alpha value is -1.40. The van der Waals surface area contributed by atoms with Crippen LogP contribution in [-0.2, 0) is 9.47 Å². The van der Waals surface area contributed by atoms with Crippen molar-refractivity contribution in [3.63, 3.8) is 0 Å². The molecule has 0 aliphatic carbocycles. The summed E-state index contributed by atoms with van der Waals surface area (Å²) >= 11 is 3.47. The lowest BCUT2D eigenvalue weighted by atomic mass is 10.2. The van der Waals surface area contributed by atoms with E-state index < -0.39 is 0 Å². The molecule has 1 saturated heterocycles. The third-order valence-corrected chi connectivity index (χ3v) is 4.06. The number of aromatic nitrogens is 2. The second kappa shape index (κ2) is 6.15. The third-order valence-electron chi connectivity index (χ3n) is 3.57. The van der Waals surface area contributed by atoms with E-state index in [-0.39, 0.29) is 12.2 Å². The summed E-state index contributed by atoms with van der Waals surface area (Å²) in [5.41, 5.74) is 1.24. The van der Waals surface area contributed by atoms with E-state index >= 15 is 0 Å². The maximum atomic E-state index is 12.1. The van der Waals surface area contributed by atoms with Crippen LogP contribution in [0.2, 0.25) is 0 Å². The van der Waals surface area contributed by atoms with Crippen LogP contribution in [-0.4, -0.2) is 29.0 Å². The van der Waals surface area contributed by atoms with Crippen LogP contribution >= 0.6 is 15.9 Å². The smallest absolute Gasteiger partial charge is 0.359 e. The number of rotatable bonds is 3. The van der Waals surface area contributed by atoms with Gasteiger partial charge in [0.25, 0.3) is 0 Å². The molecule has 0 saturated carbocycles. The van der Waals surface area contributed by atoms with Gasteiger partial charge >= 0.3 is 5.97 Å². The zero-order valence-corrected chi connectivity index (χ0v) is 13.4. The number of ether oxygens (including phenoxy) is 2. The average Bonchev–Trinajstić information content (AvgIpc) is 2.87. The van der Waals surface area contributed by atoms with Crippen molar-refractivity contribution in [2.24, 2.45) is 0 Å². The van der Waals surface area contributed by atoms with Gasteiger partial charge in [0.2, 0.25) is 0 Å². The highest BCUT2D eigenvalue weighted by molar-refractivity contribution is 9.10. The number of fused-ring (bicyclic) bond motifs is 1. The number of benzene rings is 1. The minimum Gasteiger partial charge on any atom is -0.461 e. The molecule has 3 rings (SSSR count). The van der Waals surface area contributed by atoms with Crippen molar-refractivity contribution in [2.75, 3.05) is 13.2 Å². The van der Waals surface area contributed by atoms with E-state index in [9.17, 15) is 4.79 Å². The summed E-state index contributed by atoms with van der Waals surface area (Å²) in [7, 11) is 0. The number of carbonyl (C=O) groups is 1. The van der Waals surface area contributed by atoms with Crippen molar-refractivity contribution < 1.29 is 14.3 Å². The van der Waals surface area contributed by atoms with Gasteiger partial charge in [-0.2, -0.15) is 5.10 Å². The van der Waals surface area contributed by atoms with Crippen molar-refractivity contribution in [2.45, 2.75) is 32.4 Å².